The van der Waals surface area contributed by atoms with E-state index < -0.39 is 5.57 Å². The van der Waals surface area contributed by atoms with Gasteiger partial charge in [0.15, 0.2) is 6.23 Å². The first-order chi connectivity index (χ1) is 10.4. The summed E-state index contributed by atoms with van der Waals surface area (Å²) in [6.45, 7) is 2.38. The Hall–Kier alpha value is -0.920. The molecule has 0 amide bonds. The second-order valence-electron chi connectivity index (χ2n) is 5.23. The molecule has 22 heavy (non-hydrogen) atoms. The van der Waals surface area contributed by atoms with E-state index >= 15 is 0 Å². The van der Waals surface area contributed by atoms with E-state index in [0.29, 0.717) is 22.0 Å². The molecule has 1 atom stereocenters. The number of benzene rings is 1. The van der Waals surface area contributed by atoms with Crippen LogP contribution in [0.4, 0.5) is 8.78 Å². The monoisotopic (exact) mass is 394 g/mol. The maximum atomic E-state index is 12.9. The zero-order valence-corrected chi connectivity index (χ0v) is 14.1. The molecule has 0 saturated carbocycles. The number of rotatable bonds is 3. The number of aryl methyl sites for hydroxylation is 1. The van der Waals surface area contributed by atoms with Crippen LogP contribution in [0.1, 0.15) is 31.1 Å². The molecule has 2 aromatic rings. The molecule has 2 heterocycles. The highest BCUT2D eigenvalue weighted by atomic mass is 79.9. The molecule has 1 aromatic heterocycles. The van der Waals surface area contributed by atoms with Crippen LogP contribution >= 0.6 is 27.5 Å². The fraction of sp³-hybridized carbons (Fsp3) is 0.500. The molecule has 4 nitrogen and oxygen atoms in total. The smallest absolute Gasteiger partial charge is 0.418 e. The van der Waals surface area contributed by atoms with E-state index in [9.17, 15) is 8.78 Å². The molecule has 1 unspecified atom stereocenters. The van der Waals surface area contributed by atoms with Gasteiger partial charge in [-0.1, -0.05) is 0 Å². The lowest BCUT2D eigenvalue weighted by Crippen LogP contribution is -2.19. The van der Waals surface area contributed by atoms with E-state index in [1.165, 1.54) is 0 Å². The minimum atomic E-state index is -3.76. The molecule has 120 valence electrons. The fourth-order valence-electron chi connectivity index (χ4n) is 2.64. The van der Waals surface area contributed by atoms with Gasteiger partial charge in [-0.15, -0.1) is 8.78 Å². The SMILES string of the molecule is Cc1cc2c(cnn2C2CCCCO2)c(Br)c1OC(F)(F)Cl. The summed E-state index contributed by atoms with van der Waals surface area (Å²) >= 11 is 8.18. The van der Waals surface area contributed by atoms with E-state index in [-0.39, 0.29) is 12.0 Å². The van der Waals surface area contributed by atoms with Gasteiger partial charge in [0, 0.05) is 23.6 Å². The van der Waals surface area contributed by atoms with Gasteiger partial charge in [-0.25, -0.2) is 4.68 Å². The lowest BCUT2D eigenvalue weighted by Gasteiger charge is -2.23. The zero-order chi connectivity index (χ0) is 15.9. The molecule has 8 heteroatoms. The largest absolute Gasteiger partial charge is 0.487 e. The fourth-order valence-corrected chi connectivity index (χ4v) is 3.41. The molecule has 0 spiro atoms. The lowest BCUT2D eigenvalue weighted by atomic mass is 10.1. The lowest BCUT2D eigenvalue weighted by molar-refractivity contribution is -0.0972. The maximum absolute atomic E-state index is 12.9. The van der Waals surface area contributed by atoms with E-state index in [0.717, 1.165) is 24.8 Å². The van der Waals surface area contributed by atoms with Crippen molar-refractivity contribution in [1.82, 2.24) is 9.78 Å². The summed E-state index contributed by atoms with van der Waals surface area (Å²) in [5.74, 6) is 0.0108. The number of halogens is 4. The van der Waals surface area contributed by atoms with Gasteiger partial charge in [0.1, 0.15) is 5.75 Å². The van der Waals surface area contributed by atoms with Crippen molar-refractivity contribution in [2.75, 3.05) is 6.61 Å². The van der Waals surface area contributed by atoms with E-state index in [4.69, 9.17) is 16.3 Å². The van der Waals surface area contributed by atoms with Gasteiger partial charge in [0.05, 0.1) is 16.2 Å². The number of aromatic nitrogens is 2. The molecule has 1 aliphatic heterocycles. The van der Waals surface area contributed by atoms with Gasteiger partial charge in [-0.3, -0.25) is 0 Å². The first-order valence-corrected chi connectivity index (χ1v) is 8.07. The van der Waals surface area contributed by atoms with Crippen LogP contribution in [0.2, 0.25) is 0 Å². The van der Waals surface area contributed by atoms with Crippen LogP contribution in [0.5, 0.6) is 5.75 Å². The zero-order valence-electron chi connectivity index (χ0n) is 11.8. The van der Waals surface area contributed by atoms with Crippen LogP contribution in [0.3, 0.4) is 0 Å². The average Bonchev–Trinajstić information content (AvgIpc) is 2.87. The number of nitrogens with zero attached hydrogens (tertiary/aromatic N) is 2. The topological polar surface area (TPSA) is 36.3 Å². The van der Waals surface area contributed by atoms with Crippen molar-refractivity contribution in [3.63, 3.8) is 0 Å². The predicted molar refractivity (Wildman–Crippen MR) is 82.4 cm³/mol. The van der Waals surface area contributed by atoms with Gasteiger partial charge in [-0.2, -0.15) is 5.10 Å². The molecule has 3 rings (SSSR count). The third kappa shape index (κ3) is 3.07. The minimum absolute atomic E-state index is 0.0108. The Bertz CT molecular complexity index is 696. The Labute approximate surface area is 139 Å². The summed E-state index contributed by atoms with van der Waals surface area (Å²) in [4.78, 5) is 0. The molecule has 0 radical (unpaired) electrons. The van der Waals surface area contributed by atoms with Crippen LogP contribution in [0.15, 0.2) is 16.7 Å². The first kappa shape index (κ1) is 16.0. The predicted octanol–water partition coefficient (Wildman–Crippen LogP) is 4.97. The summed E-state index contributed by atoms with van der Waals surface area (Å²) in [6.07, 6.45) is 4.48. The van der Waals surface area contributed by atoms with Crippen LogP contribution in [0.25, 0.3) is 10.9 Å². The van der Waals surface area contributed by atoms with Crippen molar-refractivity contribution < 1.29 is 18.3 Å². The van der Waals surface area contributed by atoms with Gasteiger partial charge in [0.2, 0.25) is 0 Å². The maximum Gasteiger partial charge on any atom is 0.487 e. The quantitative estimate of drug-likeness (QED) is 0.688. The van der Waals surface area contributed by atoms with Crippen molar-refractivity contribution in [3.05, 3.63) is 22.3 Å². The molecular weight excluding hydrogens is 382 g/mol. The second kappa shape index (κ2) is 5.94. The van der Waals surface area contributed by atoms with Crippen LogP contribution in [-0.2, 0) is 4.74 Å². The third-order valence-electron chi connectivity index (χ3n) is 3.63. The highest BCUT2D eigenvalue weighted by molar-refractivity contribution is 9.10. The summed E-state index contributed by atoms with van der Waals surface area (Å²) < 4.78 is 38.4. The Balaban J connectivity index is 2.06. The van der Waals surface area contributed by atoms with Crippen molar-refractivity contribution in [2.45, 2.75) is 38.0 Å². The summed E-state index contributed by atoms with van der Waals surface area (Å²) in [7, 11) is 0. The van der Waals surface area contributed by atoms with E-state index in [1.54, 1.807) is 23.9 Å². The molecule has 0 bridgehead atoms. The molecular formula is C14H14BrClF2N2O2. The molecule has 1 aromatic carbocycles. The number of hydrogen-bond acceptors (Lipinski definition) is 3. The number of ether oxygens (including phenoxy) is 2. The second-order valence-corrected chi connectivity index (χ2v) is 6.46. The first-order valence-electron chi connectivity index (χ1n) is 6.90. The summed E-state index contributed by atoms with van der Waals surface area (Å²) in [6, 6.07) is 1.75. The normalized spacial score (nSPS) is 19.6. The number of fused-ring (bicyclic) bond motifs is 1. The minimum Gasteiger partial charge on any atom is -0.418 e. The van der Waals surface area contributed by atoms with Gasteiger partial charge in [-0.05, 0) is 53.7 Å². The Morgan fingerprint density at radius 1 is 1.50 bits per heavy atom. The van der Waals surface area contributed by atoms with Crippen LogP contribution in [-0.4, -0.2) is 22.0 Å². The molecule has 1 fully saturated rings. The molecule has 0 N–H and O–H groups in total. The highest BCUT2D eigenvalue weighted by Gasteiger charge is 2.30. The molecule has 1 aliphatic rings. The summed E-state index contributed by atoms with van der Waals surface area (Å²) in [5, 5.41) is 5.02. The Kier molecular flexibility index (Phi) is 4.31. The number of alkyl halides is 3. The summed E-state index contributed by atoms with van der Waals surface area (Å²) in [5.41, 5.74) is -2.41. The Morgan fingerprint density at radius 3 is 2.91 bits per heavy atom. The van der Waals surface area contributed by atoms with Gasteiger partial charge >= 0.3 is 5.57 Å². The van der Waals surface area contributed by atoms with E-state index in [1.807, 2.05) is 0 Å². The van der Waals surface area contributed by atoms with Crippen molar-refractivity contribution in [3.8, 4) is 5.75 Å². The molecule has 0 aliphatic carbocycles. The molecule has 1 saturated heterocycles. The van der Waals surface area contributed by atoms with Gasteiger partial charge < -0.3 is 9.47 Å². The van der Waals surface area contributed by atoms with Crippen LogP contribution < -0.4 is 4.74 Å². The standard InChI is InChI=1S/C14H14BrClF2N2O2/c1-8-6-10-9(12(15)13(8)22-14(16,17)18)7-19-20(10)11-4-2-3-5-21-11/h6-7,11H,2-5H2,1H3. The Morgan fingerprint density at radius 2 is 2.27 bits per heavy atom. The van der Waals surface area contributed by atoms with Crippen molar-refractivity contribution in [1.29, 1.82) is 0 Å². The highest BCUT2D eigenvalue weighted by Crippen LogP contribution is 2.40. The van der Waals surface area contributed by atoms with Crippen molar-refractivity contribution >= 4 is 38.4 Å². The number of hydrogen-bond donors (Lipinski definition) is 0. The van der Waals surface area contributed by atoms with Crippen molar-refractivity contribution in [2.24, 2.45) is 0 Å². The average molecular weight is 396 g/mol. The third-order valence-corrected chi connectivity index (χ3v) is 4.49. The van der Waals surface area contributed by atoms with E-state index in [2.05, 4.69) is 25.8 Å². The van der Waals surface area contributed by atoms with Crippen LogP contribution in [0, 0.1) is 6.92 Å². The van der Waals surface area contributed by atoms with Gasteiger partial charge in [0.25, 0.3) is 0 Å².